The van der Waals surface area contributed by atoms with E-state index >= 15 is 0 Å². The van der Waals surface area contributed by atoms with Crippen molar-refractivity contribution in [3.63, 3.8) is 0 Å². The molecule has 16 heavy (non-hydrogen) atoms. The lowest BCUT2D eigenvalue weighted by Crippen LogP contribution is -2.13. The Hall–Kier alpha value is -1.70. The van der Waals surface area contributed by atoms with Gasteiger partial charge < -0.3 is 11.1 Å². The first-order valence-corrected chi connectivity index (χ1v) is 4.91. The molecule has 0 bridgehead atoms. The zero-order valence-electron chi connectivity index (χ0n) is 8.00. The van der Waals surface area contributed by atoms with E-state index in [9.17, 15) is 4.79 Å². The molecule has 0 heterocycles. The third-order valence-electron chi connectivity index (χ3n) is 1.63. The van der Waals surface area contributed by atoms with Gasteiger partial charge in [0.15, 0.2) is 0 Å². The van der Waals surface area contributed by atoms with Crippen molar-refractivity contribution < 1.29 is 4.79 Å². The van der Waals surface area contributed by atoms with E-state index in [4.69, 9.17) is 34.2 Å². The number of carbonyl (C=O) groups excluding carboxylic acids is 1. The maximum atomic E-state index is 10.7. The van der Waals surface area contributed by atoms with Crippen LogP contribution >= 0.6 is 23.2 Å². The van der Waals surface area contributed by atoms with Crippen LogP contribution in [0.1, 0.15) is 0 Å². The molecular formula is C10H7Cl2N3O. The maximum absolute atomic E-state index is 10.7. The van der Waals surface area contributed by atoms with E-state index in [-0.39, 0.29) is 5.57 Å². The summed E-state index contributed by atoms with van der Waals surface area (Å²) in [6, 6.07) is 6.42. The van der Waals surface area contributed by atoms with Crippen LogP contribution in [0.2, 0.25) is 10.0 Å². The second kappa shape index (κ2) is 5.40. The van der Waals surface area contributed by atoms with Gasteiger partial charge in [-0.1, -0.05) is 23.2 Å². The summed E-state index contributed by atoms with van der Waals surface area (Å²) in [4.78, 5) is 10.7. The maximum Gasteiger partial charge on any atom is 0.260 e. The van der Waals surface area contributed by atoms with E-state index in [1.165, 1.54) is 6.20 Å². The highest BCUT2D eigenvalue weighted by molar-refractivity contribution is 6.35. The second-order valence-corrected chi connectivity index (χ2v) is 3.71. The summed E-state index contributed by atoms with van der Waals surface area (Å²) in [7, 11) is 0. The van der Waals surface area contributed by atoms with Gasteiger partial charge in [0.25, 0.3) is 5.91 Å². The number of rotatable bonds is 3. The van der Waals surface area contributed by atoms with Crippen molar-refractivity contribution >= 4 is 34.8 Å². The number of hydrogen-bond acceptors (Lipinski definition) is 3. The highest BCUT2D eigenvalue weighted by atomic mass is 35.5. The minimum absolute atomic E-state index is 0.184. The third kappa shape index (κ3) is 3.46. The Morgan fingerprint density at radius 3 is 2.38 bits per heavy atom. The van der Waals surface area contributed by atoms with E-state index in [1.807, 2.05) is 0 Å². The molecule has 0 unspecified atom stereocenters. The van der Waals surface area contributed by atoms with Gasteiger partial charge in [-0.2, -0.15) is 5.26 Å². The van der Waals surface area contributed by atoms with Gasteiger partial charge >= 0.3 is 0 Å². The van der Waals surface area contributed by atoms with Gasteiger partial charge in [0, 0.05) is 21.9 Å². The Kier molecular flexibility index (Phi) is 4.18. The van der Waals surface area contributed by atoms with Gasteiger partial charge in [0.2, 0.25) is 0 Å². The molecule has 1 aromatic carbocycles. The molecule has 1 rings (SSSR count). The average molecular weight is 256 g/mol. The molecule has 0 aliphatic heterocycles. The molecule has 0 atom stereocenters. The van der Waals surface area contributed by atoms with Crippen molar-refractivity contribution in [3.05, 3.63) is 40.0 Å². The SMILES string of the molecule is N#C/C(=C/Nc1cc(Cl)cc(Cl)c1)C(N)=O. The van der Waals surface area contributed by atoms with Crippen LogP contribution in [0.15, 0.2) is 30.0 Å². The first-order valence-electron chi connectivity index (χ1n) is 4.15. The zero-order valence-corrected chi connectivity index (χ0v) is 9.51. The Bertz CT molecular complexity index is 471. The van der Waals surface area contributed by atoms with Gasteiger partial charge in [-0.25, -0.2) is 0 Å². The van der Waals surface area contributed by atoms with Crippen LogP contribution in [0, 0.1) is 11.3 Å². The van der Waals surface area contributed by atoms with Crippen LogP contribution in [-0.4, -0.2) is 5.91 Å². The first kappa shape index (κ1) is 12.4. The molecule has 3 N–H and O–H groups in total. The molecule has 1 amide bonds. The Labute approximate surface area is 102 Å². The summed E-state index contributed by atoms with van der Waals surface area (Å²) in [6.07, 6.45) is 1.20. The summed E-state index contributed by atoms with van der Waals surface area (Å²) in [5.74, 6) is -0.803. The predicted octanol–water partition coefficient (Wildman–Crippen LogP) is 2.30. The Morgan fingerprint density at radius 1 is 1.38 bits per heavy atom. The molecule has 0 aromatic heterocycles. The van der Waals surface area contributed by atoms with Crippen molar-refractivity contribution in [1.29, 1.82) is 5.26 Å². The van der Waals surface area contributed by atoms with Gasteiger partial charge in [-0.15, -0.1) is 0 Å². The molecule has 0 saturated heterocycles. The fraction of sp³-hybridized carbons (Fsp3) is 0. The average Bonchev–Trinajstić information content (AvgIpc) is 2.16. The molecule has 0 fully saturated rings. The number of primary amides is 1. The van der Waals surface area contributed by atoms with Crippen molar-refractivity contribution in [3.8, 4) is 6.07 Å². The lowest BCUT2D eigenvalue weighted by molar-refractivity contribution is -0.114. The van der Waals surface area contributed by atoms with Crippen LogP contribution in [-0.2, 0) is 4.79 Å². The largest absolute Gasteiger partial charge is 0.365 e. The lowest BCUT2D eigenvalue weighted by atomic mass is 10.3. The van der Waals surface area contributed by atoms with E-state index < -0.39 is 5.91 Å². The Morgan fingerprint density at radius 2 is 1.94 bits per heavy atom. The standard InChI is InChI=1S/C10H7Cl2N3O/c11-7-1-8(12)3-9(2-7)15-5-6(4-13)10(14)16/h1-3,5,15H,(H2,14,16)/b6-5-. The highest BCUT2D eigenvalue weighted by Gasteiger charge is 2.02. The van der Waals surface area contributed by atoms with Crippen LogP contribution in [0.3, 0.4) is 0 Å². The molecule has 0 aliphatic rings. The molecular weight excluding hydrogens is 249 g/mol. The minimum Gasteiger partial charge on any atom is -0.365 e. The van der Waals surface area contributed by atoms with Crippen molar-refractivity contribution in [1.82, 2.24) is 0 Å². The van der Waals surface area contributed by atoms with Crippen LogP contribution in [0.25, 0.3) is 0 Å². The molecule has 0 radical (unpaired) electrons. The molecule has 0 spiro atoms. The normalized spacial score (nSPS) is 10.7. The molecule has 82 valence electrons. The second-order valence-electron chi connectivity index (χ2n) is 2.84. The van der Waals surface area contributed by atoms with Crippen LogP contribution in [0.5, 0.6) is 0 Å². The van der Waals surface area contributed by atoms with E-state index in [0.29, 0.717) is 15.7 Å². The summed E-state index contributed by atoms with van der Waals surface area (Å²) in [5, 5.41) is 12.2. The number of amides is 1. The van der Waals surface area contributed by atoms with Crippen LogP contribution < -0.4 is 11.1 Å². The summed E-state index contributed by atoms with van der Waals surface area (Å²) < 4.78 is 0. The van der Waals surface area contributed by atoms with Gasteiger partial charge in [0.05, 0.1) is 0 Å². The van der Waals surface area contributed by atoms with Gasteiger partial charge in [-0.3, -0.25) is 4.79 Å². The zero-order chi connectivity index (χ0) is 12.1. The van der Waals surface area contributed by atoms with Crippen LogP contribution in [0.4, 0.5) is 5.69 Å². The van der Waals surface area contributed by atoms with E-state index in [0.717, 1.165) is 0 Å². The first-order chi connectivity index (χ1) is 7.52. The smallest absolute Gasteiger partial charge is 0.260 e. The summed E-state index contributed by atoms with van der Waals surface area (Å²) >= 11 is 11.5. The number of nitrogens with zero attached hydrogens (tertiary/aromatic N) is 1. The Balaban J connectivity index is 2.90. The van der Waals surface area contributed by atoms with Gasteiger partial charge in [0.1, 0.15) is 11.6 Å². The number of nitrogens with one attached hydrogen (secondary N) is 1. The molecule has 0 aliphatic carbocycles. The van der Waals surface area contributed by atoms with Crippen molar-refractivity contribution in [2.24, 2.45) is 5.73 Å². The van der Waals surface area contributed by atoms with E-state index in [1.54, 1.807) is 24.3 Å². The number of carbonyl (C=O) groups is 1. The molecule has 0 saturated carbocycles. The molecule has 1 aromatic rings. The van der Waals surface area contributed by atoms with E-state index in [2.05, 4.69) is 5.32 Å². The molecule has 6 heteroatoms. The highest BCUT2D eigenvalue weighted by Crippen LogP contribution is 2.22. The monoisotopic (exact) mass is 255 g/mol. The summed E-state index contributed by atoms with van der Waals surface area (Å²) in [6.45, 7) is 0. The number of halogens is 2. The minimum atomic E-state index is -0.803. The number of benzene rings is 1. The number of hydrogen-bond donors (Lipinski definition) is 2. The third-order valence-corrected chi connectivity index (χ3v) is 2.07. The van der Waals surface area contributed by atoms with Crippen molar-refractivity contribution in [2.75, 3.05) is 5.32 Å². The lowest BCUT2D eigenvalue weighted by Gasteiger charge is -2.02. The number of anilines is 1. The fourth-order valence-electron chi connectivity index (χ4n) is 0.951. The summed E-state index contributed by atoms with van der Waals surface area (Å²) in [5.41, 5.74) is 5.33. The number of nitriles is 1. The van der Waals surface area contributed by atoms with Gasteiger partial charge in [-0.05, 0) is 18.2 Å². The fourth-order valence-corrected chi connectivity index (χ4v) is 1.48. The van der Waals surface area contributed by atoms with Crippen molar-refractivity contribution in [2.45, 2.75) is 0 Å². The quantitative estimate of drug-likeness (QED) is 0.643. The predicted molar refractivity (Wildman–Crippen MR) is 63.0 cm³/mol. The molecule has 4 nitrogen and oxygen atoms in total. The number of nitrogens with two attached hydrogens (primary N) is 1. The topological polar surface area (TPSA) is 78.9 Å².